The van der Waals surface area contributed by atoms with Gasteiger partial charge in [-0.3, -0.25) is 14.5 Å². The number of nitrogens with one attached hydrogen (secondary N) is 1. The van der Waals surface area contributed by atoms with Crippen molar-refractivity contribution in [3.8, 4) is 0 Å². The largest absolute Gasteiger partial charge is 0.357 e. The Kier molecular flexibility index (Phi) is 8.12. The number of carbonyl (C=O) groups excluding carboxylic acids is 3. The smallest absolute Gasteiger partial charge is 0.255 e. The highest BCUT2D eigenvalue weighted by Crippen LogP contribution is 2.30. The highest BCUT2D eigenvalue weighted by Gasteiger charge is 2.36. The maximum atomic E-state index is 13.1. The molecule has 0 radical (unpaired) electrons. The lowest BCUT2D eigenvalue weighted by Crippen LogP contribution is -2.46. The van der Waals surface area contributed by atoms with Crippen LogP contribution in [0.25, 0.3) is 0 Å². The Hall–Kier alpha value is -2.99. The summed E-state index contributed by atoms with van der Waals surface area (Å²) in [6.45, 7) is 3.75. The molecule has 0 saturated heterocycles. The molecule has 0 aromatic heterocycles. The summed E-state index contributed by atoms with van der Waals surface area (Å²) in [5.41, 5.74) is 5.90. The quantitative estimate of drug-likeness (QED) is 0.411. The van der Waals surface area contributed by atoms with Crippen molar-refractivity contribution in [1.29, 1.82) is 0 Å². The highest BCUT2D eigenvalue weighted by molar-refractivity contribution is 6.01. The second-order valence-electron chi connectivity index (χ2n) is 9.36. The number of aryl methyl sites for hydroxylation is 1. The molecule has 2 heterocycles. The molecule has 2 aromatic rings. The van der Waals surface area contributed by atoms with E-state index in [1.54, 1.807) is 11.9 Å². The Labute approximate surface area is 202 Å². The molecule has 4 rings (SSSR count). The van der Waals surface area contributed by atoms with Crippen molar-refractivity contribution >= 4 is 18.1 Å². The molecule has 1 unspecified atom stereocenters. The fourth-order valence-corrected chi connectivity index (χ4v) is 5.30. The van der Waals surface area contributed by atoms with Crippen LogP contribution in [0.4, 0.5) is 0 Å². The van der Waals surface area contributed by atoms with Crippen molar-refractivity contribution in [1.82, 2.24) is 15.1 Å². The Morgan fingerprint density at radius 2 is 1.88 bits per heavy atom. The van der Waals surface area contributed by atoms with E-state index in [4.69, 9.17) is 0 Å². The molecule has 2 aliphatic rings. The molecule has 0 spiro atoms. The van der Waals surface area contributed by atoms with Gasteiger partial charge in [-0.15, -0.1) is 0 Å². The Balaban J connectivity index is 1.30. The molecule has 0 aliphatic carbocycles. The van der Waals surface area contributed by atoms with Crippen LogP contribution >= 0.6 is 0 Å². The Bertz CT molecular complexity index is 1040. The zero-order valence-electron chi connectivity index (χ0n) is 20.1. The van der Waals surface area contributed by atoms with E-state index in [-0.39, 0.29) is 18.2 Å². The van der Waals surface area contributed by atoms with Gasteiger partial charge in [0, 0.05) is 38.7 Å². The predicted molar refractivity (Wildman–Crippen MR) is 132 cm³/mol. The number of hydrogen-bond acceptors (Lipinski definition) is 4. The first-order chi connectivity index (χ1) is 16.6. The van der Waals surface area contributed by atoms with Gasteiger partial charge in [0.05, 0.1) is 0 Å². The average molecular weight is 462 g/mol. The van der Waals surface area contributed by atoms with Gasteiger partial charge in [-0.2, -0.15) is 0 Å². The normalized spacial score (nSPS) is 16.1. The first-order valence-corrected chi connectivity index (χ1v) is 12.5. The van der Waals surface area contributed by atoms with Crippen LogP contribution in [0, 0.1) is 0 Å². The number of amides is 2. The third-order valence-corrected chi connectivity index (χ3v) is 7.21. The van der Waals surface area contributed by atoms with E-state index in [9.17, 15) is 14.4 Å². The number of carbonyl (C=O) groups is 3. The van der Waals surface area contributed by atoms with Gasteiger partial charge in [0.25, 0.3) is 5.91 Å². The van der Waals surface area contributed by atoms with Gasteiger partial charge in [0.1, 0.15) is 12.3 Å². The van der Waals surface area contributed by atoms with Gasteiger partial charge in [-0.25, -0.2) is 0 Å². The van der Waals surface area contributed by atoms with E-state index in [0.29, 0.717) is 18.5 Å². The van der Waals surface area contributed by atoms with Crippen LogP contribution in [0.2, 0.25) is 0 Å². The van der Waals surface area contributed by atoms with Gasteiger partial charge in [-0.05, 0) is 67.0 Å². The van der Waals surface area contributed by atoms with Gasteiger partial charge in [0.2, 0.25) is 5.91 Å². The van der Waals surface area contributed by atoms with Gasteiger partial charge < -0.3 is 15.0 Å². The molecule has 2 amide bonds. The summed E-state index contributed by atoms with van der Waals surface area (Å²) in [6, 6.07) is 14.1. The van der Waals surface area contributed by atoms with Gasteiger partial charge in [0.15, 0.2) is 0 Å². The fraction of sp³-hybridized carbons (Fsp3) is 0.464. The van der Waals surface area contributed by atoms with Crippen LogP contribution in [0.5, 0.6) is 0 Å². The zero-order valence-corrected chi connectivity index (χ0v) is 20.1. The predicted octanol–water partition coefficient (Wildman–Crippen LogP) is 3.51. The molecule has 6 heteroatoms. The summed E-state index contributed by atoms with van der Waals surface area (Å²) in [7, 11) is 1.57. The van der Waals surface area contributed by atoms with E-state index >= 15 is 0 Å². The maximum absolute atomic E-state index is 13.1. The maximum Gasteiger partial charge on any atom is 0.255 e. The summed E-state index contributed by atoms with van der Waals surface area (Å²) in [5, 5.41) is 2.64. The molecular weight excluding hydrogens is 426 g/mol. The minimum atomic E-state index is -0.613. The van der Waals surface area contributed by atoms with Gasteiger partial charge in [-0.1, -0.05) is 42.8 Å². The molecule has 1 N–H and O–H groups in total. The molecule has 1 atom stereocenters. The van der Waals surface area contributed by atoms with Crippen LogP contribution in [0.1, 0.15) is 64.7 Å². The monoisotopic (exact) mass is 461 g/mol. The third-order valence-electron chi connectivity index (χ3n) is 7.21. The van der Waals surface area contributed by atoms with Gasteiger partial charge >= 0.3 is 0 Å². The number of benzene rings is 2. The lowest BCUT2D eigenvalue weighted by molar-refractivity contribution is -0.125. The number of fused-ring (bicyclic) bond motifs is 2. The molecule has 0 fully saturated rings. The zero-order chi connectivity index (χ0) is 23.9. The second-order valence-corrected chi connectivity index (χ2v) is 9.36. The van der Waals surface area contributed by atoms with Crippen molar-refractivity contribution in [3.63, 3.8) is 0 Å². The summed E-state index contributed by atoms with van der Waals surface area (Å²) < 4.78 is 0. The molecular formula is C28H35N3O3. The van der Waals surface area contributed by atoms with Crippen LogP contribution in [0.15, 0.2) is 42.5 Å². The molecule has 2 aromatic carbocycles. The minimum absolute atomic E-state index is 0.110. The number of rotatable bonds is 11. The first-order valence-electron chi connectivity index (χ1n) is 12.5. The van der Waals surface area contributed by atoms with Crippen LogP contribution in [-0.4, -0.2) is 54.1 Å². The van der Waals surface area contributed by atoms with Crippen molar-refractivity contribution in [2.75, 3.05) is 20.1 Å². The Morgan fingerprint density at radius 3 is 2.68 bits per heavy atom. The summed E-state index contributed by atoms with van der Waals surface area (Å²) in [6.07, 6.45) is 6.89. The van der Waals surface area contributed by atoms with E-state index in [2.05, 4.69) is 40.5 Å². The van der Waals surface area contributed by atoms with Crippen molar-refractivity contribution in [3.05, 3.63) is 70.3 Å². The lowest BCUT2D eigenvalue weighted by Gasteiger charge is -2.28. The molecule has 6 nitrogen and oxygen atoms in total. The summed E-state index contributed by atoms with van der Waals surface area (Å²) >= 11 is 0. The molecule has 34 heavy (non-hydrogen) atoms. The number of unbranched alkanes of at least 4 members (excludes halogenated alkanes) is 2. The number of aldehydes is 1. The van der Waals surface area contributed by atoms with E-state index in [1.807, 2.05) is 12.1 Å². The summed E-state index contributed by atoms with van der Waals surface area (Å²) in [5.74, 6) is -0.327. The minimum Gasteiger partial charge on any atom is -0.357 e. The molecule has 0 bridgehead atoms. The van der Waals surface area contributed by atoms with Crippen LogP contribution in [0.3, 0.4) is 0 Å². The third kappa shape index (κ3) is 5.39. The molecule has 180 valence electrons. The van der Waals surface area contributed by atoms with Crippen LogP contribution in [-0.2, 0) is 35.5 Å². The number of nitrogens with zero attached hydrogens (tertiary/aromatic N) is 2. The summed E-state index contributed by atoms with van der Waals surface area (Å²) in [4.78, 5) is 40.5. The first kappa shape index (κ1) is 24.1. The standard InChI is InChI=1S/C28H35N3O3/c1-29-27(33)26(14-8-18-32)31-20-25-22(12-7-13-24(25)28(31)34)10-3-2-6-16-30-17-15-21-9-4-5-11-23(21)19-30/h4-5,7,9,11-13,18,26H,2-3,6,8,10,14-17,19-20H2,1H3,(H,29,33). The molecule has 0 saturated carbocycles. The van der Waals surface area contributed by atoms with Crippen molar-refractivity contribution < 1.29 is 14.4 Å². The Morgan fingerprint density at radius 1 is 1.06 bits per heavy atom. The highest BCUT2D eigenvalue weighted by atomic mass is 16.2. The SMILES string of the molecule is CNC(=O)C(CCC=O)N1Cc2c(CCCCCN3CCc4ccccc4C3)cccc2C1=O. The number of likely N-dealkylation sites (N-methyl/N-ethyl adjacent to an activating group) is 1. The van der Waals surface area contributed by atoms with Crippen molar-refractivity contribution in [2.24, 2.45) is 0 Å². The second kappa shape index (κ2) is 11.4. The molecule has 2 aliphatic heterocycles. The van der Waals surface area contributed by atoms with E-state index in [1.165, 1.54) is 23.1 Å². The van der Waals surface area contributed by atoms with Crippen molar-refractivity contribution in [2.45, 2.75) is 64.1 Å². The van der Waals surface area contributed by atoms with E-state index < -0.39 is 6.04 Å². The topological polar surface area (TPSA) is 69.7 Å². The lowest BCUT2D eigenvalue weighted by atomic mass is 9.98. The van der Waals surface area contributed by atoms with E-state index in [0.717, 1.165) is 57.2 Å². The number of hydrogen-bond donors (Lipinski definition) is 1. The average Bonchev–Trinajstić information content (AvgIpc) is 3.20. The fourth-order valence-electron chi connectivity index (χ4n) is 5.30. The van der Waals surface area contributed by atoms with Crippen LogP contribution < -0.4 is 5.32 Å².